The highest BCUT2D eigenvalue weighted by Crippen LogP contribution is 2.07. The largest absolute Gasteiger partial charge is 0.463 e. The van der Waals surface area contributed by atoms with Crippen LogP contribution in [0.5, 0.6) is 0 Å². The summed E-state index contributed by atoms with van der Waals surface area (Å²) in [6, 6.07) is 8.40. The zero-order chi connectivity index (χ0) is 17.8. The quantitative estimate of drug-likeness (QED) is 0.316. The van der Waals surface area contributed by atoms with Crippen molar-refractivity contribution in [3.63, 3.8) is 0 Å². The molecule has 0 unspecified atom stereocenters. The number of rotatable bonds is 8. The van der Waals surface area contributed by atoms with Crippen LogP contribution in [0.2, 0.25) is 0 Å². The molecule has 0 aromatic heterocycles. The molecule has 6 heteroatoms. The van der Waals surface area contributed by atoms with E-state index in [2.05, 4.69) is 0 Å². The number of hydroxylamine groups is 2. The lowest BCUT2D eigenvalue weighted by Crippen LogP contribution is -2.33. The minimum absolute atomic E-state index is 0.223. The number of nitrogens with zero attached hydrogens (tertiary/aromatic N) is 1. The number of amides is 1. The molecule has 0 bridgehead atoms. The van der Waals surface area contributed by atoms with Crippen LogP contribution in [0.15, 0.2) is 42.5 Å². The summed E-state index contributed by atoms with van der Waals surface area (Å²) in [6.45, 7) is 4.19. The molecule has 0 aliphatic rings. The fourth-order valence-corrected chi connectivity index (χ4v) is 1.85. The molecular weight excluding hydrogens is 310 g/mol. The van der Waals surface area contributed by atoms with E-state index in [4.69, 9.17) is 9.57 Å². The van der Waals surface area contributed by atoms with Crippen molar-refractivity contribution in [2.75, 3.05) is 13.2 Å². The zero-order valence-corrected chi connectivity index (χ0v) is 14.1. The monoisotopic (exact) mass is 333 g/mol. The summed E-state index contributed by atoms with van der Waals surface area (Å²) in [5.74, 6) is -1.82. The fourth-order valence-electron chi connectivity index (χ4n) is 1.85. The van der Waals surface area contributed by atoms with E-state index in [0.29, 0.717) is 12.0 Å². The van der Waals surface area contributed by atoms with Gasteiger partial charge >= 0.3 is 11.9 Å². The molecule has 0 atom stereocenters. The number of hydrogen-bond donors (Lipinski definition) is 0. The van der Waals surface area contributed by atoms with E-state index in [9.17, 15) is 14.4 Å². The number of unbranched alkanes of at least 4 members (excludes halogenated alkanes) is 2. The van der Waals surface area contributed by atoms with Gasteiger partial charge in [-0.2, -0.15) is 5.06 Å². The molecule has 0 radical (unpaired) electrons. The molecule has 0 aliphatic heterocycles. The summed E-state index contributed by atoms with van der Waals surface area (Å²) < 4.78 is 4.72. The van der Waals surface area contributed by atoms with Crippen LogP contribution in [0, 0.1) is 0 Å². The SMILES string of the molecule is CCCCCN(OC(=O)c1ccccc1)C(=O)/C=C/C(=O)OCC. The highest BCUT2D eigenvalue weighted by Gasteiger charge is 2.18. The van der Waals surface area contributed by atoms with Crippen LogP contribution in [-0.4, -0.2) is 36.1 Å². The van der Waals surface area contributed by atoms with Crippen LogP contribution < -0.4 is 0 Å². The van der Waals surface area contributed by atoms with E-state index >= 15 is 0 Å². The molecule has 1 aromatic carbocycles. The van der Waals surface area contributed by atoms with Crippen molar-refractivity contribution < 1.29 is 24.0 Å². The second-order valence-electron chi connectivity index (χ2n) is 4.98. The maximum Gasteiger partial charge on any atom is 0.363 e. The van der Waals surface area contributed by atoms with Crippen molar-refractivity contribution in [1.82, 2.24) is 5.06 Å². The van der Waals surface area contributed by atoms with E-state index in [1.807, 2.05) is 6.92 Å². The predicted octanol–water partition coefficient (Wildman–Crippen LogP) is 2.90. The third-order valence-electron chi connectivity index (χ3n) is 3.06. The van der Waals surface area contributed by atoms with Crippen LogP contribution in [-0.2, 0) is 19.2 Å². The van der Waals surface area contributed by atoms with Crippen LogP contribution in [0.25, 0.3) is 0 Å². The minimum atomic E-state index is -0.620. The topological polar surface area (TPSA) is 72.9 Å². The van der Waals surface area contributed by atoms with E-state index < -0.39 is 17.8 Å². The summed E-state index contributed by atoms with van der Waals surface area (Å²) in [6.07, 6.45) is 4.62. The lowest BCUT2D eigenvalue weighted by atomic mass is 10.2. The van der Waals surface area contributed by atoms with Crippen molar-refractivity contribution in [3.05, 3.63) is 48.0 Å². The van der Waals surface area contributed by atoms with Gasteiger partial charge in [-0.3, -0.25) is 4.79 Å². The molecule has 0 spiro atoms. The Morgan fingerprint density at radius 3 is 2.38 bits per heavy atom. The molecule has 0 aliphatic carbocycles. The van der Waals surface area contributed by atoms with Crippen molar-refractivity contribution in [1.29, 1.82) is 0 Å². The van der Waals surface area contributed by atoms with Crippen molar-refractivity contribution in [2.24, 2.45) is 0 Å². The number of benzene rings is 1. The summed E-state index contributed by atoms with van der Waals surface area (Å²) in [5, 5.41) is 0.973. The number of ether oxygens (including phenoxy) is 1. The Labute approximate surface area is 142 Å². The first-order valence-electron chi connectivity index (χ1n) is 8.02. The second kappa shape index (κ2) is 11.0. The number of carbonyl (C=O) groups excluding carboxylic acids is 3. The Bertz CT molecular complexity index is 568. The number of esters is 1. The maximum atomic E-state index is 12.2. The highest BCUT2D eigenvalue weighted by atomic mass is 16.7. The highest BCUT2D eigenvalue weighted by molar-refractivity contribution is 5.95. The average Bonchev–Trinajstić information content (AvgIpc) is 2.60. The van der Waals surface area contributed by atoms with Gasteiger partial charge < -0.3 is 9.57 Å². The van der Waals surface area contributed by atoms with Gasteiger partial charge in [0.1, 0.15) is 0 Å². The van der Waals surface area contributed by atoms with Gasteiger partial charge in [-0.15, -0.1) is 0 Å². The number of carbonyl (C=O) groups is 3. The van der Waals surface area contributed by atoms with Gasteiger partial charge in [-0.25, -0.2) is 9.59 Å². The van der Waals surface area contributed by atoms with Crippen molar-refractivity contribution >= 4 is 17.8 Å². The van der Waals surface area contributed by atoms with Gasteiger partial charge in [-0.05, 0) is 25.5 Å². The van der Waals surface area contributed by atoms with Crippen LogP contribution in [0.3, 0.4) is 0 Å². The Hall–Kier alpha value is -2.63. The lowest BCUT2D eigenvalue weighted by Gasteiger charge is -2.19. The van der Waals surface area contributed by atoms with Crippen LogP contribution in [0.4, 0.5) is 0 Å². The lowest BCUT2D eigenvalue weighted by molar-refractivity contribution is -0.162. The molecule has 0 saturated heterocycles. The van der Waals surface area contributed by atoms with Crippen LogP contribution >= 0.6 is 0 Å². The van der Waals surface area contributed by atoms with Crippen molar-refractivity contribution in [3.8, 4) is 0 Å². The van der Waals surface area contributed by atoms with Gasteiger partial charge in [0.2, 0.25) is 0 Å². The Kier molecular flexibility index (Phi) is 8.89. The molecule has 24 heavy (non-hydrogen) atoms. The van der Waals surface area contributed by atoms with E-state index in [1.54, 1.807) is 37.3 Å². The number of hydrogen-bond acceptors (Lipinski definition) is 5. The fraction of sp³-hybridized carbons (Fsp3) is 0.389. The molecule has 0 saturated carbocycles. The van der Waals surface area contributed by atoms with Gasteiger partial charge in [0, 0.05) is 12.2 Å². The molecule has 130 valence electrons. The van der Waals surface area contributed by atoms with Gasteiger partial charge in [0.15, 0.2) is 0 Å². The Morgan fingerprint density at radius 2 is 1.75 bits per heavy atom. The second-order valence-corrected chi connectivity index (χ2v) is 4.98. The smallest absolute Gasteiger partial charge is 0.363 e. The molecular formula is C18H23NO5. The molecule has 1 amide bonds. The van der Waals surface area contributed by atoms with Crippen molar-refractivity contribution in [2.45, 2.75) is 33.1 Å². The molecule has 0 fully saturated rings. The van der Waals surface area contributed by atoms with E-state index in [1.165, 1.54) is 0 Å². The molecule has 0 heterocycles. The third kappa shape index (κ3) is 7.09. The predicted molar refractivity (Wildman–Crippen MR) is 88.9 cm³/mol. The third-order valence-corrected chi connectivity index (χ3v) is 3.06. The van der Waals surface area contributed by atoms with Gasteiger partial charge in [-0.1, -0.05) is 38.0 Å². The summed E-state index contributed by atoms with van der Waals surface area (Å²) >= 11 is 0. The maximum absolute atomic E-state index is 12.2. The minimum Gasteiger partial charge on any atom is -0.463 e. The Morgan fingerprint density at radius 1 is 1.04 bits per heavy atom. The average molecular weight is 333 g/mol. The van der Waals surface area contributed by atoms with Gasteiger partial charge in [0.25, 0.3) is 5.91 Å². The standard InChI is InChI=1S/C18H23NO5/c1-3-5-9-14-19(16(20)12-13-17(21)23-4-2)24-18(22)15-10-7-6-8-11-15/h6-8,10-13H,3-5,9,14H2,1-2H3/b13-12+. The summed E-state index contributed by atoms with van der Waals surface area (Å²) in [5.41, 5.74) is 0.347. The molecule has 1 rings (SSSR count). The molecule has 0 N–H and O–H groups in total. The Balaban J connectivity index is 2.73. The van der Waals surface area contributed by atoms with Crippen LogP contribution in [0.1, 0.15) is 43.5 Å². The molecule has 6 nitrogen and oxygen atoms in total. The van der Waals surface area contributed by atoms with E-state index in [0.717, 1.165) is 30.1 Å². The summed E-state index contributed by atoms with van der Waals surface area (Å²) in [4.78, 5) is 40.7. The normalized spacial score (nSPS) is 10.4. The first-order chi connectivity index (χ1) is 11.6. The first kappa shape index (κ1) is 19.4. The van der Waals surface area contributed by atoms with E-state index in [-0.39, 0.29) is 13.2 Å². The summed E-state index contributed by atoms with van der Waals surface area (Å²) in [7, 11) is 0. The van der Waals surface area contributed by atoms with Gasteiger partial charge in [0.05, 0.1) is 18.7 Å². The zero-order valence-electron chi connectivity index (χ0n) is 14.1. The first-order valence-corrected chi connectivity index (χ1v) is 8.02. The molecule has 1 aromatic rings.